The van der Waals surface area contributed by atoms with Gasteiger partial charge in [-0.3, -0.25) is 9.20 Å². The minimum atomic E-state index is -1.10. The van der Waals surface area contributed by atoms with E-state index in [-0.39, 0.29) is 5.69 Å². The number of nitrogens with zero attached hydrogens (tertiary/aromatic N) is 2. The largest absolute Gasteiger partial charge is 0.480 e. The summed E-state index contributed by atoms with van der Waals surface area (Å²) in [6, 6.07) is 5.47. The topological polar surface area (TPSA) is 83.7 Å². The molecule has 2 aromatic heterocycles. The molecule has 1 saturated carbocycles. The van der Waals surface area contributed by atoms with Gasteiger partial charge in [0, 0.05) is 6.20 Å². The van der Waals surface area contributed by atoms with E-state index >= 15 is 0 Å². The smallest absolute Gasteiger partial charge is 0.329 e. The number of aliphatic carboxylic acids is 1. The molecule has 1 fully saturated rings. The summed E-state index contributed by atoms with van der Waals surface area (Å²) < 4.78 is 1.82. The van der Waals surface area contributed by atoms with Crippen molar-refractivity contribution in [3.8, 4) is 0 Å². The fourth-order valence-corrected chi connectivity index (χ4v) is 2.65. The van der Waals surface area contributed by atoms with Crippen molar-refractivity contribution in [2.24, 2.45) is 0 Å². The van der Waals surface area contributed by atoms with Crippen molar-refractivity contribution < 1.29 is 14.7 Å². The van der Waals surface area contributed by atoms with Gasteiger partial charge in [0.25, 0.3) is 5.91 Å². The van der Waals surface area contributed by atoms with Crippen molar-refractivity contribution in [1.29, 1.82) is 0 Å². The number of amides is 1. The van der Waals surface area contributed by atoms with Crippen LogP contribution in [0.3, 0.4) is 0 Å². The normalized spacial score (nSPS) is 16.1. The molecular formula is C13H13N3O3S. The van der Waals surface area contributed by atoms with Crippen LogP contribution in [0, 0.1) is 0 Å². The average molecular weight is 291 g/mol. The quantitative estimate of drug-likeness (QED) is 0.832. The number of fused-ring (bicyclic) bond motifs is 1. The Kier molecular flexibility index (Phi) is 2.93. The van der Waals surface area contributed by atoms with Gasteiger partial charge in [-0.25, -0.2) is 9.78 Å². The Morgan fingerprint density at radius 2 is 2.20 bits per heavy atom. The highest BCUT2D eigenvalue weighted by Gasteiger charge is 2.52. The molecule has 2 aromatic rings. The maximum Gasteiger partial charge on any atom is 0.329 e. The van der Waals surface area contributed by atoms with Gasteiger partial charge in [-0.1, -0.05) is 17.8 Å². The maximum absolute atomic E-state index is 12.3. The van der Waals surface area contributed by atoms with E-state index in [9.17, 15) is 9.59 Å². The van der Waals surface area contributed by atoms with Gasteiger partial charge in [-0.2, -0.15) is 0 Å². The summed E-state index contributed by atoms with van der Waals surface area (Å²) in [5, 5.41) is 12.4. The van der Waals surface area contributed by atoms with E-state index in [1.807, 2.05) is 29.0 Å². The molecule has 1 aliphatic carbocycles. The minimum Gasteiger partial charge on any atom is -0.480 e. The van der Waals surface area contributed by atoms with E-state index < -0.39 is 17.4 Å². The van der Waals surface area contributed by atoms with Gasteiger partial charge in [0.15, 0.2) is 10.9 Å². The molecule has 7 heteroatoms. The summed E-state index contributed by atoms with van der Waals surface area (Å²) in [5.41, 5.74) is -0.153. The van der Waals surface area contributed by atoms with Gasteiger partial charge < -0.3 is 10.4 Å². The molecule has 1 amide bonds. The van der Waals surface area contributed by atoms with E-state index in [1.54, 1.807) is 6.07 Å². The molecule has 6 nitrogen and oxygen atoms in total. The summed E-state index contributed by atoms with van der Waals surface area (Å²) in [7, 11) is 0. The molecule has 0 spiro atoms. The lowest BCUT2D eigenvalue weighted by atomic mass is 10.2. The van der Waals surface area contributed by atoms with Crippen molar-refractivity contribution in [1.82, 2.24) is 14.7 Å². The lowest BCUT2D eigenvalue weighted by Gasteiger charge is -2.11. The van der Waals surface area contributed by atoms with E-state index in [0.717, 1.165) is 0 Å². The summed E-state index contributed by atoms with van der Waals surface area (Å²) in [6.07, 6.45) is 4.64. The van der Waals surface area contributed by atoms with Crippen LogP contribution >= 0.6 is 11.8 Å². The molecule has 0 bridgehead atoms. The number of carboxylic acid groups (broad SMARTS) is 1. The van der Waals surface area contributed by atoms with E-state index in [0.29, 0.717) is 23.5 Å². The van der Waals surface area contributed by atoms with E-state index in [2.05, 4.69) is 10.3 Å². The predicted molar refractivity (Wildman–Crippen MR) is 74.0 cm³/mol. The fraction of sp³-hybridized carbons (Fsp3) is 0.308. The van der Waals surface area contributed by atoms with Gasteiger partial charge in [-0.05, 0) is 31.2 Å². The van der Waals surface area contributed by atoms with Gasteiger partial charge in [0.1, 0.15) is 5.54 Å². The first-order chi connectivity index (χ1) is 9.57. The number of carbonyl (C=O) groups is 2. The van der Waals surface area contributed by atoms with Gasteiger partial charge in [-0.15, -0.1) is 0 Å². The highest BCUT2D eigenvalue weighted by molar-refractivity contribution is 7.98. The zero-order chi connectivity index (χ0) is 14.3. The van der Waals surface area contributed by atoms with Gasteiger partial charge in [0.05, 0.1) is 5.52 Å². The van der Waals surface area contributed by atoms with Crippen LogP contribution in [0.4, 0.5) is 0 Å². The minimum absolute atomic E-state index is 0.266. The Morgan fingerprint density at radius 3 is 2.80 bits per heavy atom. The number of nitrogens with one attached hydrogen (secondary N) is 1. The number of pyridine rings is 1. The third-order valence-electron chi connectivity index (χ3n) is 3.43. The highest BCUT2D eigenvalue weighted by Crippen LogP contribution is 2.36. The number of hydrogen-bond donors (Lipinski definition) is 2. The Hall–Kier alpha value is -2.02. The number of thioether (sulfide) groups is 1. The summed E-state index contributed by atoms with van der Waals surface area (Å²) in [4.78, 5) is 27.7. The van der Waals surface area contributed by atoms with Crippen LogP contribution in [-0.2, 0) is 4.79 Å². The summed E-state index contributed by atoms with van der Waals surface area (Å²) >= 11 is 1.43. The molecule has 3 rings (SSSR count). The van der Waals surface area contributed by atoms with Crippen molar-refractivity contribution >= 4 is 29.2 Å². The molecule has 0 aliphatic heterocycles. The maximum atomic E-state index is 12.3. The number of carbonyl (C=O) groups excluding carboxylic acids is 1. The van der Waals surface area contributed by atoms with Gasteiger partial charge in [0.2, 0.25) is 0 Å². The number of aromatic nitrogens is 2. The second kappa shape index (κ2) is 4.52. The van der Waals surface area contributed by atoms with Crippen molar-refractivity contribution in [3.63, 3.8) is 0 Å². The van der Waals surface area contributed by atoms with Crippen LogP contribution in [0.5, 0.6) is 0 Å². The number of carboxylic acids is 1. The second-order valence-corrected chi connectivity index (χ2v) is 5.52. The van der Waals surface area contributed by atoms with Crippen LogP contribution < -0.4 is 5.32 Å². The first kappa shape index (κ1) is 13.0. The summed E-state index contributed by atoms with van der Waals surface area (Å²) in [5.74, 6) is -1.42. The Morgan fingerprint density at radius 1 is 1.45 bits per heavy atom. The second-order valence-electron chi connectivity index (χ2n) is 4.74. The number of hydrogen-bond acceptors (Lipinski definition) is 4. The molecule has 0 unspecified atom stereocenters. The number of rotatable bonds is 4. The molecule has 0 atom stereocenters. The molecule has 2 heterocycles. The third-order valence-corrected chi connectivity index (χ3v) is 4.08. The third kappa shape index (κ3) is 1.94. The Labute approximate surface area is 119 Å². The zero-order valence-corrected chi connectivity index (χ0v) is 11.6. The van der Waals surface area contributed by atoms with Crippen LogP contribution in [-0.4, -0.2) is 38.2 Å². The first-order valence-corrected chi connectivity index (χ1v) is 7.37. The lowest BCUT2D eigenvalue weighted by molar-refractivity contribution is -0.140. The molecule has 0 aromatic carbocycles. The van der Waals surface area contributed by atoms with Crippen molar-refractivity contribution in [2.75, 3.05) is 6.26 Å². The van der Waals surface area contributed by atoms with Crippen molar-refractivity contribution in [3.05, 3.63) is 30.1 Å². The fourth-order valence-electron chi connectivity index (χ4n) is 2.11. The van der Waals surface area contributed by atoms with E-state index in [1.165, 1.54) is 11.8 Å². The lowest BCUT2D eigenvalue weighted by Crippen LogP contribution is -2.43. The average Bonchev–Trinajstić information content (AvgIpc) is 3.13. The molecule has 1 aliphatic rings. The monoisotopic (exact) mass is 291 g/mol. The number of imidazole rings is 1. The SMILES string of the molecule is CSc1nc(C(=O)NC2(C(=O)O)CC2)c2ccccn12. The molecular weight excluding hydrogens is 278 g/mol. The molecule has 0 radical (unpaired) electrons. The molecule has 20 heavy (non-hydrogen) atoms. The van der Waals surface area contributed by atoms with Crippen molar-refractivity contribution in [2.45, 2.75) is 23.5 Å². The van der Waals surface area contributed by atoms with Crippen LogP contribution in [0.25, 0.3) is 5.52 Å². The predicted octanol–water partition coefficient (Wildman–Crippen LogP) is 1.40. The Balaban J connectivity index is 1.98. The molecule has 104 valence electrons. The van der Waals surface area contributed by atoms with Gasteiger partial charge >= 0.3 is 5.97 Å². The first-order valence-electron chi connectivity index (χ1n) is 6.14. The molecule has 0 saturated heterocycles. The van der Waals surface area contributed by atoms with Crippen LogP contribution in [0.15, 0.2) is 29.6 Å². The zero-order valence-electron chi connectivity index (χ0n) is 10.8. The standard InChI is InChI=1S/C13H13N3O3S/c1-20-12-14-9(8-4-2-3-7-16(8)12)10(17)15-13(5-6-13)11(18)19/h2-4,7H,5-6H2,1H3,(H,15,17)(H,18,19). The highest BCUT2D eigenvalue weighted by atomic mass is 32.2. The van der Waals surface area contributed by atoms with Crippen LogP contribution in [0.2, 0.25) is 0 Å². The summed E-state index contributed by atoms with van der Waals surface area (Å²) in [6.45, 7) is 0. The van der Waals surface area contributed by atoms with E-state index in [4.69, 9.17) is 5.11 Å². The van der Waals surface area contributed by atoms with Crippen LogP contribution in [0.1, 0.15) is 23.3 Å². The molecule has 2 N–H and O–H groups in total. The Bertz CT molecular complexity index is 706.